The Balaban J connectivity index is 1.54. The van der Waals surface area contributed by atoms with Crippen molar-refractivity contribution in [3.8, 4) is 0 Å². The fourth-order valence-electron chi connectivity index (χ4n) is 3.51. The number of anilines is 1. The number of hydrogen-bond acceptors (Lipinski definition) is 3. The molecule has 0 spiro atoms. The lowest BCUT2D eigenvalue weighted by Crippen LogP contribution is -2.39. The first-order valence-corrected chi connectivity index (χ1v) is 10.9. The molecule has 27 heavy (non-hydrogen) atoms. The summed E-state index contributed by atoms with van der Waals surface area (Å²) in [6.07, 6.45) is 2.70. The van der Waals surface area contributed by atoms with E-state index < -0.39 is 10.0 Å². The molecule has 0 bridgehead atoms. The SMILES string of the molecule is CCc1ccccc1NC(=O)CC1CCN(S(=O)(=O)c2ccccc2)CC1. The van der Waals surface area contributed by atoms with Crippen molar-refractivity contribution in [3.63, 3.8) is 0 Å². The molecular weight excluding hydrogens is 360 g/mol. The highest BCUT2D eigenvalue weighted by Crippen LogP contribution is 2.26. The highest BCUT2D eigenvalue weighted by molar-refractivity contribution is 7.89. The number of nitrogens with one attached hydrogen (secondary N) is 1. The van der Waals surface area contributed by atoms with Crippen LogP contribution >= 0.6 is 0 Å². The van der Waals surface area contributed by atoms with Gasteiger partial charge in [0.05, 0.1) is 4.90 Å². The minimum absolute atomic E-state index is 0.000247. The second-order valence-corrected chi connectivity index (χ2v) is 8.86. The molecular formula is C21H26N2O3S. The molecule has 1 N–H and O–H groups in total. The van der Waals surface area contributed by atoms with E-state index in [2.05, 4.69) is 12.2 Å². The summed E-state index contributed by atoms with van der Waals surface area (Å²) in [5.41, 5.74) is 1.99. The summed E-state index contributed by atoms with van der Waals surface area (Å²) in [5.74, 6) is 0.210. The van der Waals surface area contributed by atoms with E-state index in [-0.39, 0.29) is 11.8 Å². The summed E-state index contributed by atoms with van der Waals surface area (Å²) >= 11 is 0. The maximum absolute atomic E-state index is 12.7. The molecule has 0 saturated carbocycles. The Morgan fingerprint density at radius 2 is 1.67 bits per heavy atom. The summed E-state index contributed by atoms with van der Waals surface area (Å²) in [7, 11) is -3.44. The number of nitrogens with zero attached hydrogens (tertiary/aromatic N) is 1. The number of benzene rings is 2. The molecule has 6 heteroatoms. The smallest absolute Gasteiger partial charge is 0.243 e. The highest BCUT2D eigenvalue weighted by Gasteiger charge is 2.30. The molecule has 0 aliphatic carbocycles. The Morgan fingerprint density at radius 3 is 2.33 bits per heavy atom. The maximum atomic E-state index is 12.7. The van der Waals surface area contributed by atoms with Gasteiger partial charge in [0.2, 0.25) is 15.9 Å². The minimum atomic E-state index is -3.44. The first kappa shape index (κ1) is 19.6. The quantitative estimate of drug-likeness (QED) is 0.824. The summed E-state index contributed by atoms with van der Waals surface area (Å²) in [6, 6.07) is 16.4. The van der Waals surface area contributed by atoms with Crippen LogP contribution in [-0.4, -0.2) is 31.7 Å². The normalized spacial score (nSPS) is 16.2. The third-order valence-electron chi connectivity index (χ3n) is 5.10. The molecule has 5 nitrogen and oxygen atoms in total. The van der Waals surface area contributed by atoms with Crippen LogP contribution in [0.15, 0.2) is 59.5 Å². The van der Waals surface area contributed by atoms with Gasteiger partial charge in [0.25, 0.3) is 0 Å². The van der Waals surface area contributed by atoms with Crippen LogP contribution in [0.2, 0.25) is 0 Å². The summed E-state index contributed by atoms with van der Waals surface area (Å²) < 4.78 is 26.9. The number of aryl methyl sites for hydroxylation is 1. The molecule has 1 aliphatic rings. The zero-order valence-electron chi connectivity index (χ0n) is 15.6. The Hall–Kier alpha value is -2.18. The van der Waals surface area contributed by atoms with Crippen molar-refractivity contribution in [3.05, 3.63) is 60.2 Å². The molecule has 0 aromatic heterocycles. The van der Waals surface area contributed by atoms with E-state index in [1.165, 1.54) is 4.31 Å². The Labute approximate surface area is 161 Å². The lowest BCUT2D eigenvalue weighted by atomic mass is 9.94. The number of carbonyl (C=O) groups excluding carboxylic acids is 1. The highest BCUT2D eigenvalue weighted by atomic mass is 32.2. The van der Waals surface area contributed by atoms with Gasteiger partial charge in [0.15, 0.2) is 0 Å². The van der Waals surface area contributed by atoms with Gasteiger partial charge >= 0.3 is 0 Å². The van der Waals surface area contributed by atoms with Gasteiger partial charge < -0.3 is 5.32 Å². The fourth-order valence-corrected chi connectivity index (χ4v) is 5.00. The maximum Gasteiger partial charge on any atom is 0.243 e. The first-order valence-electron chi connectivity index (χ1n) is 9.43. The van der Waals surface area contributed by atoms with Crippen LogP contribution in [0, 0.1) is 5.92 Å². The van der Waals surface area contributed by atoms with E-state index >= 15 is 0 Å². The van der Waals surface area contributed by atoms with Crippen molar-refractivity contribution < 1.29 is 13.2 Å². The number of para-hydroxylation sites is 1. The summed E-state index contributed by atoms with van der Waals surface area (Å²) in [4.78, 5) is 12.7. The molecule has 1 saturated heterocycles. The van der Waals surface area contributed by atoms with Crippen LogP contribution in [0.3, 0.4) is 0 Å². The molecule has 3 rings (SSSR count). The number of sulfonamides is 1. The molecule has 144 valence electrons. The van der Waals surface area contributed by atoms with Gasteiger partial charge in [0.1, 0.15) is 0 Å². The van der Waals surface area contributed by atoms with Crippen LogP contribution in [0.25, 0.3) is 0 Å². The Kier molecular flexibility index (Phi) is 6.29. The molecule has 1 heterocycles. The first-order chi connectivity index (χ1) is 13.0. The van der Waals surface area contributed by atoms with Gasteiger partial charge in [-0.15, -0.1) is 0 Å². The summed E-state index contributed by atoms with van der Waals surface area (Å²) in [6.45, 7) is 2.98. The number of amides is 1. The monoisotopic (exact) mass is 386 g/mol. The number of rotatable bonds is 6. The fraction of sp³-hybridized carbons (Fsp3) is 0.381. The Bertz CT molecular complexity index is 873. The van der Waals surface area contributed by atoms with Crippen LogP contribution in [-0.2, 0) is 21.2 Å². The second-order valence-electron chi connectivity index (χ2n) is 6.92. The predicted molar refractivity (Wildman–Crippen MR) is 107 cm³/mol. The molecule has 1 aliphatic heterocycles. The van der Waals surface area contributed by atoms with E-state index in [4.69, 9.17) is 0 Å². The van der Waals surface area contributed by atoms with Gasteiger partial charge in [-0.2, -0.15) is 4.31 Å². The summed E-state index contributed by atoms with van der Waals surface area (Å²) in [5, 5.41) is 3.01. The molecule has 1 amide bonds. The van der Waals surface area contributed by atoms with Crippen molar-refractivity contribution in [2.24, 2.45) is 5.92 Å². The van der Waals surface area contributed by atoms with E-state index in [1.807, 2.05) is 24.3 Å². The molecule has 1 fully saturated rings. The Morgan fingerprint density at radius 1 is 1.04 bits per heavy atom. The van der Waals surface area contributed by atoms with Crippen molar-refractivity contribution in [2.75, 3.05) is 18.4 Å². The third kappa shape index (κ3) is 4.76. The van der Waals surface area contributed by atoms with Crippen molar-refractivity contribution >= 4 is 21.6 Å². The van der Waals surface area contributed by atoms with E-state index in [0.29, 0.717) is 37.2 Å². The lowest BCUT2D eigenvalue weighted by molar-refractivity contribution is -0.117. The number of carbonyl (C=O) groups is 1. The van der Waals surface area contributed by atoms with E-state index in [0.717, 1.165) is 17.7 Å². The topological polar surface area (TPSA) is 66.5 Å². The largest absolute Gasteiger partial charge is 0.326 e. The average Bonchev–Trinajstić information content (AvgIpc) is 2.69. The number of piperidine rings is 1. The molecule has 2 aromatic rings. The predicted octanol–water partition coefficient (Wildman–Crippen LogP) is 3.68. The van der Waals surface area contributed by atoms with Crippen LogP contribution < -0.4 is 5.32 Å². The van der Waals surface area contributed by atoms with Crippen LogP contribution in [0.5, 0.6) is 0 Å². The zero-order valence-corrected chi connectivity index (χ0v) is 16.4. The van der Waals surface area contributed by atoms with Gasteiger partial charge in [-0.3, -0.25) is 4.79 Å². The molecule has 0 atom stereocenters. The number of hydrogen-bond donors (Lipinski definition) is 1. The molecule has 0 radical (unpaired) electrons. The van der Waals surface area contributed by atoms with Gasteiger partial charge in [-0.25, -0.2) is 8.42 Å². The van der Waals surface area contributed by atoms with Crippen molar-refractivity contribution in [2.45, 2.75) is 37.5 Å². The van der Waals surface area contributed by atoms with Gasteiger partial charge in [-0.05, 0) is 48.9 Å². The van der Waals surface area contributed by atoms with Crippen LogP contribution in [0.1, 0.15) is 31.7 Å². The minimum Gasteiger partial charge on any atom is -0.326 e. The van der Waals surface area contributed by atoms with Gasteiger partial charge in [0, 0.05) is 25.2 Å². The van der Waals surface area contributed by atoms with E-state index in [9.17, 15) is 13.2 Å². The molecule has 0 unspecified atom stereocenters. The average molecular weight is 387 g/mol. The lowest BCUT2D eigenvalue weighted by Gasteiger charge is -2.31. The van der Waals surface area contributed by atoms with E-state index in [1.54, 1.807) is 30.3 Å². The third-order valence-corrected chi connectivity index (χ3v) is 7.01. The zero-order chi connectivity index (χ0) is 19.3. The van der Waals surface area contributed by atoms with Crippen LogP contribution in [0.4, 0.5) is 5.69 Å². The van der Waals surface area contributed by atoms with Gasteiger partial charge in [-0.1, -0.05) is 43.3 Å². The van der Waals surface area contributed by atoms with Crippen molar-refractivity contribution in [1.29, 1.82) is 0 Å². The molecule has 2 aromatic carbocycles. The van der Waals surface area contributed by atoms with Crippen molar-refractivity contribution in [1.82, 2.24) is 4.31 Å². The standard InChI is InChI=1S/C21H26N2O3S/c1-2-18-8-6-7-11-20(18)22-21(24)16-17-12-14-23(15-13-17)27(25,26)19-9-4-3-5-10-19/h3-11,17H,2,12-16H2,1H3,(H,22,24). The second kappa shape index (κ2) is 8.67.